The van der Waals surface area contributed by atoms with E-state index in [0.29, 0.717) is 45.9 Å². The van der Waals surface area contributed by atoms with Crippen LogP contribution in [0.2, 0.25) is 0 Å². The van der Waals surface area contributed by atoms with E-state index in [0.717, 1.165) is 17.7 Å². The molecule has 0 aromatic heterocycles. The Bertz CT molecular complexity index is 1150. The number of amides is 1. The van der Waals surface area contributed by atoms with Crippen LogP contribution >= 0.6 is 0 Å². The third kappa shape index (κ3) is 5.22. The molecule has 184 valence electrons. The highest BCUT2D eigenvalue weighted by molar-refractivity contribution is 7.89. The Morgan fingerprint density at radius 3 is 2.32 bits per heavy atom. The van der Waals surface area contributed by atoms with Crippen LogP contribution < -0.4 is 4.74 Å². The van der Waals surface area contributed by atoms with E-state index in [1.54, 1.807) is 12.1 Å². The lowest BCUT2D eigenvalue weighted by Crippen LogP contribution is -2.48. The van der Waals surface area contributed by atoms with Gasteiger partial charge in [-0.05, 0) is 35.9 Å². The highest BCUT2D eigenvalue weighted by Crippen LogP contribution is 2.23. The molecule has 2 heterocycles. The highest BCUT2D eigenvalue weighted by atomic mass is 32.2. The maximum atomic E-state index is 14.5. The summed E-state index contributed by atoms with van der Waals surface area (Å²) in [5.74, 6) is -1.57. The Labute approximate surface area is 197 Å². The van der Waals surface area contributed by atoms with Crippen molar-refractivity contribution < 1.29 is 31.5 Å². The zero-order valence-corrected chi connectivity index (χ0v) is 19.7. The molecule has 1 amide bonds. The summed E-state index contributed by atoms with van der Waals surface area (Å²) < 4.78 is 65.7. The number of methoxy groups -OCH3 is 1. The quantitative estimate of drug-likeness (QED) is 0.610. The van der Waals surface area contributed by atoms with Crippen molar-refractivity contribution in [3.63, 3.8) is 0 Å². The molecule has 0 bridgehead atoms. The van der Waals surface area contributed by atoms with Gasteiger partial charge in [-0.25, -0.2) is 17.2 Å². The Hall–Kier alpha value is -2.60. The number of halogens is 2. The number of rotatable bonds is 6. The average molecular weight is 496 g/mol. The number of carbonyl (C=O) groups is 1. The van der Waals surface area contributed by atoms with E-state index in [4.69, 9.17) is 9.47 Å². The van der Waals surface area contributed by atoms with Gasteiger partial charge in [0.15, 0.2) is 11.6 Å². The van der Waals surface area contributed by atoms with Crippen LogP contribution in [0, 0.1) is 11.6 Å². The molecule has 8 nitrogen and oxygen atoms in total. The van der Waals surface area contributed by atoms with Crippen LogP contribution in [0.25, 0.3) is 0 Å². The van der Waals surface area contributed by atoms with Crippen LogP contribution in [0.3, 0.4) is 0 Å². The minimum Gasteiger partial charge on any atom is -0.494 e. The van der Waals surface area contributed by atoms with Crippen LogP contribution in [-0.4, -0.2) is 88.0 Å². The van der Waals surface area contributed by atoms with Crippen LogP contribution in [0.5, 0.6) is 5.75 Å². The molecule has 0 aliphatic carbocycles. The van der Waals surface area contributed by atoms with Crippen LogP contribution in [0.4, 0.5) is 8.78 Å². The first kappa shape index (κ1) is 24.5. The first-order valence-corrected chi connectivity index (χ1v) is 12.4. The topological polar surface area (TPSA) is 79.4 Å². The Balaban J connectivity index is 1.42. The molecule has 0 N–H and O–H groups in total. The molecule has 11 heteroatoms. The lowest BCUT2D eigenvalue weighted by atomic mass is 10.1. The minimum atomic E-state index is -3.85. The SMILES string of the molecule is COc1ccc(CN2CCN(C(=O)c3cc(S(=O)(=O)N4CCOCC4)ccc3F)CC2)cc1F. The molecule has 2 fully saturated rings. The summed E-state index contributed by atoms with van der Waals surface area (Å²) >= 11 is 0. The Morgan fingerprint density at radius 1 is 0.971 bits per heavy atom. The van der Waals surface area contributed by atoms with Gasteiger partial charge < -0.3 is 14.4 Å². The zero-order chi connectivity index (χ0) is 24.3. The fraction of sp³-hybridized carbons (Fsp3) is 0.435. The summed E-state index contributed by atoms with van der Waals surface area (Å²) in [5, 5.41) is 0. The van der Waals surface area contributed by atoms with E-state index in [1.807, 2.05) is 0 Å². The number of carbonyl (C=O) groups excluding carboxylic acids is 1. The second kappa shape index (κ2) is 10.3. The number of hydrogen-bond donors (Lipinski definition) is 0. The van der Waals surface area contributed by atoms with Gasteiger partial charge in [0, 0.05) is 45.8 Å². The van der Waals surface area contributed by atoms with Gasteiger partial charge in [-0.2, -0.15) is 4.31 Å². The predicted molar refractivity (Wildman–Crippen MR) is 120 cm³/mol. The maximum absolute atomic E-state index is 14.5. The van der Waals surface area contributed by atoms with Gasteiger partial charge in [-0.1, -0.05) is 6.07 Å². The van der Waals surface area contributed by atoms with Crippen LogP contribution in [-0.2, 0) is 21.3 Å². The lowest BCUT2D eigenvalue weighted by molar-refractivity contribution is 0.0623. The average Bonchev–Trinajstić information content (AvgIpc) is 2.85. The molecule has 2 aromatic carbocycles. The van der Waals surface area contributed by atoms with E-state index in [-0.39, 0.29) is 29.3 Å². The second-order valence-electron chi connectivity index (χ2n) is 8.20. The third-order valence-corrected chi connectivity index (χ3v) is 7.95. The standard InChI is InChI=1S/C23H27F2N3O5S/c1-32-22-5-2-17(14-21(22)25)16-26-6-8-27(9-7-26)23(29)19-15-18(3-4-20(19)24)34(30,31)28-10-12-33-13-11-28/h2-5,14-15H,6-13,16H2,1H3. The zero-order valence-electron chi connectivity index (χ0n) is 18.9. The van der Waals surface area contributed by atoms with E-state index in [1.165, 1.54) is 28.4 Å². The van der Waals surface area contributed by atoms with E-state index < -0.39 is 27.6 Å². The molecule has 2 aliphatic heterocycles. The van der Waals surface area contributed by atoms with Crippen molar-refractivity contribution in [2.24, 2.45) is 0 Å². The number of piperazine rings is 1. The van der Waals surface area contributed by atoms with Gasteiger partial charge in [0.2, 0.25) is 10.0 Å². The lowest BCUT2D eigenvalue weighted by Gasteiger charge is -2.35. The summed E-state index contributed by atoms with van der Waals surface area (Å²) in [6, 6.07) is 8.11. The van der Waals surface area contributed by atoms with Gasteiger partial charge in [0.05, 0.1) is 30.8 Å². The monoisotopic (exact) mass is 495 g/mol. The minimum absolute atomic E-state index is 0.112. The van der Waals surface area contributed by atoms with E-state index in [2.05, 4.69) is 4.90 Å². The molecule has 2 aliphatic rings. The first-order chi connectivity index (χ1) is 16.3. The molecule has 0 radical (unpaired) electrons. The van der Waals surface area contributed by atoms with Gasteiger partial charge in [0.1, 0.15) is 5.82 Å². The summed E-state index contributed by atoms with van der Waals surface area (Å²) in [6.45, 7) is 3.24. The molecule has 2 aromatic rings. The first-order valence-electron chi connectivity index (χ1n) is 11.0. The third-order valence-electron chi connectivity index (χ3n) is 6.06. The van der Waals surface area contributed by atoms with Gasteiger partial charge in [-0.3, -0.25) is 9.69 Å². The fourth-order valence-corrected chi connectivity index (χ4v) is 5.55. The number of nitrogens with zero attached hydrogens (tertiary/aromatic N) is 3. The smallest absolute Gasteiger partial charge is 0.256 e. The van der Waals surface area contributed by atoms with Gasteiger partial charge in [-0.15, -0.1) is 0 Å². The summed E-state index contributed by atoms with van der Waals surface area (Å²) in [5.41, 5.74) is 0.519. The van der Waals surface area contributed by atoms with Gasteiger partial charge >= 0.3 is 0 Å². The summed E-state index contributed by atoms with van der Waals surface area (Å²) in [6.07, 6.45) is 0. The van der Waals surface area contributed by atoms with Crippen molar-refractivity contribution in [1.82, 2.24) is 14.1 Å². The molecule has 0 atom stereocenters. The van der Waals surface area contributed by atoms with Crippen LogP contribution in [0.15, 0.2) is 41.3 Å². The number of hydrogen-bond acceptors (Lipinski definition) is 6. The Kier molecular flexibility index (Phi) is 7.46. The fourth-order valence-electron chi connectivity index (χ4n) is 4.11. The normalized spacial score (nSPS) is 18.1. The van der Waals surface area contributed by atoms with Crippen LogP contribution in [0.1, 0.15) is 15.9 Å². The molecule has 34 heavy (non-hydrogen) atoms. The molecular formula is C23H27F2N3O5S. The number of benzene rings is 2. The largest absolute Gasteiger partial charge is 0.494 e. The van der Waals surface area contributed by atoms with Crippen molar-refractivity contribution >= 4 is 15.9 Å². The molecule has 2 saturated heterocycles. The molecule has 0 spiro atoms. The molecule has 0 unspecified atom stereocenters. The van der Waals surface area contributed by atoms with Crippen molar-refractivity contribution in [3.8, 4) is 5.75 Å². The number of sulfonamides is 1. The number of ether oxygens (including phenoxy) is 2. The van der Waals surface area contributed by atoms with Gasteiger partial charge in [0.25, 0.3) is 5.91 Å². The molecule has 0 saturated carbocycles. The highest BCUT2D eigenvalue weighted by Gasteiger charge is 2.30. The van der Waals surface area contributed by atoms with Crippen molar-refractivity contribution in [2.45, 2.75) is 11.4 Å². The number of morpholine rings is 1. The maximum Gasteiger partial charge on any atom is 0.256 e. The van der Waals surface area contributed by atoms with E-state index in [9.17, 15) is 22.0 Å². The summed E-state index contributed by atoms with van der Waals surface area (Å²) in [7, 11) is -2.44. The van der Waals surface area contributed by atoms with Crippen molar-refractivity contribution in [2.75, 3.05) is 59.6 Å². The summed E-state index contributed by atoms with van der Waals surface area (Å²) in [4.78, 5) is 16.5. The van der Waals surface area contributed by atoms with Crippen molar-refractivity contribution in [3.05, 3.63) is 59.2 Å². The second-order valence-corrected chi connectivity index (χ2v) is 10.1. The van der Waals surface area contributed by atoms with Crippen molar-refractivity contribution in [1.29, 1.82) is 0 Å². The predicted octanol–water partition coefficient (Wildman–Crippen LogP) is 1.95. The Morgan fingerprint density at radius 2 is 1.68 bits per heavy atom. The molecular weight excluding hydrogens is 468 g/mol. The van der Waals surface area contributed by atoms with E-state index >= 15 is 0 Å². The molecule has 4 rings (SSSR count).